The van der Waals surface area contributed by atoms with Crippen LogP contribution in [-0.4, -0.2) is 15.0 Å². The van der Waals surface area contributed by atoms with E-state index in [1.165, 1.54) is 0 Å². The van der Waals surface area contributed by atoms with E-state index < -0.39 is 0 Å². The number of aromatic nitrogens is 3. The number of aromatic amines is 1. The van der Waals surface area contributed by atoms with Crippen molar-refractivity contribution in [3.05, 3.63) is 47.1 Å². The van der Waals surface area contributed by atoms with Gasteiger partial charge < -0.3 is 4.98 Å². The standard InChI is InChI=1S/C13H10ClN3/c1-8-7-9(4-5-10(8)14)12-16-11-3-2-6-15-13(11)17-12/h2-7H,1H3,(H,15,16,17). The van der Waals surface area contributed by atoms with Gasteiger partial charge in [-0.1, -0.05) is 11.6 Å². The SMILES string of the molecule is Cc1cc(-c2nc3ncccc3[nH]2)ccc1Cl. The molecule has 0 radical (unpaired) electrons. The van der Waals surface area contributed by atoms with Crippen molar-refractivity contribution in [2.75, 3.05) is 0 Å². The minimum atomic E-state index is 0.732. The molecule has 0 unspecified atom stereocenters. The number of pyridine rings is 1. The summed E-state index contributed by atoms with van der Waals surface area (Å²) in [5, 5.41) is 0.767. The molecule has 17 heavy (non-hydrogen) atoms. The maximum atomic E-state index is 6.00. The molecule has 2 heterocycles. The number of aryl methyl sites for hydroxylation is 1. The van der Waals surface area contributed by atoms with Crippen LogP contribution in [0.25, 0.3) is 22.6 Å². The smallest absolute Gasteiger partial charge is 0.178 e. The lowest BCUT2D eigenvalue weighted by atomic mass is 10.1. The maximum absolute atomic E-state index is 6.00. The zero-order chi connectivity index (χ0) is 11.8. The highest BCUT2D eigenvalue weighted by Crippen LogP contribution is 2.24. The van der Waals surface area contributed by atoms with Crippen molar-refractivity contribution in [3.63, 3.8) is 0 Å². The van der Waals surface area contributed by atoms with Gasteiger partial charge in [0.25, 0.3) is 0 Å². The summed E-state index contributed by atoms with van der Waals surface area (Å²) >= 11 is 6.00. The molecule has 1 N–H and O–H groups in total. The van der Waals surface area contributed by atoms with Crippen molar-refractivity contribution >= 4 is 22.8 Å². The third-order valence-electron chi connectivity index (χ3n) is 2.69. The van der Waals surface area contributed by atoms with E-state index in [4.69, 9.17) is 11.6 Å². The van der Waals surface area contributed by atoms with E-state index in [9.17, 15) is 0 Å². The fraction of sp³-hybridized carbons (Fsp3) is 0.0769. The van der Waals surface area contributed by atoms with E-state index in [-0.39, 0.29) is 0 Å². The van der Waals surface area contributed by atoms with Gasteiger partial charge in [-0.2, -0.15) is 0 Å². The fourth-order valence-corrected chi connectivity index (χ4v) is 1.89. The van der Waals surface area contributed by atoms with Crippen molar-refractivity contribution in [2.24, 2.45) is 0 Å². The molecule has 0 spiro atoms. The summed E-state index contributed by atoms with van der Waals surface area (Å²) in [6, 6.07) is 9.69. The van der Waals surface area contributed by atoms with Gasteiger partial charge in [-0.25, -0.2) is 9.97 Å². The lowest BCUT2D eigenvalue weighted by Gasteiger charge is -2.00. The number of hydrogen-bond acceptors (Lipinski definition) is 2. The molecule has 0 atom stereocenters. The Labute approximate surface area is 103 Å². The molecule has 0 fully saturated rings. The zero-order valence-corrected chi connectivity index (χ0v) is 9.99. The van der Waals surface area contributed by atoms with Gasteiger partial charge in [0.15, 0.2) is 5.65 Å². The Kier molecular flexibility index (Phi) is 2.34. The number of rotatable bonds is 1. The first-order valence-electron chi connectivity index (χ1n) is 5.31. The summed E-state index contributed by atoms with van der Waals surface area (Å²) in [6.45, 7) is 1.98. The summed E-state index contributed by atoms with van der Waals surface area (Å²) in [6.07, 6.45) is 1.74. The van der Waals surface area contributed by atoms with Crippen LogP contribution >= 0.6 is 11.6 Å². The predicted molar refractivity (Wildman–Crippen MR) is 69.1 cm³/mol. The summed E-state index contributed by atoms with van der Waals surface area (Å²) in [5.74, 6) is 0.818. The van der Waals surface area contributed by atoms with E-state index in [0.717, 1.165) is 33.1 Å². The minimum absolute atomic E-state index is 0.732. The van der Waals surface area contributed by atoms with Crippen molar-refractivity contribution in [1.82, 2.24) is 15.0 Å². The summed E-state index contributed by atoms with van der Waals surface area (Å²) in [5.41, 5.74) is 3.73. The normalized spacial score (nSPS) is 10.9. The molecule has 0 amide bonds. The van der Waals surface area contributed by atoms with Crippen LogP contribution in [0.5, 0.6) is 0 Å². The highest BCUT2D eigenvalue weighted by molar-refractivity contribution is 6.31. The van der Waals surface area contributed by atoms with E-state index in [2.05, 4.69) is 15.0 Å². The van der Waals surface area contributed by atoms with Crippen molar-refractivity contribution in [2.45, 2.75) is 6.92 Å². The molecule has 1 aromatic carbocycles. The average Bonchev–Trinajstić information content (AvgIpc) is 2.76. The van der Waals surface area contributed by atoms with E-state index >= 15 is 0 Å². The minimum Gasteiger partial charge on any atom is -0.337 e. The zero-order valence-electron chi connectivity index (χ0n) is 9.24. The van der Waals surface area contributed by atoms with Gasteiger partial charge in [-0.3, -0.25) is 0 Å². The number of nitrogens with one attached hydrogen (secondary N) is 1. The first-order chi connectivity index (χ1) is 8.24. The second-order valence-corrected chi connectivity index (χ2v) is 4.33. The Balaban J connectivity index is 2.17. The Morgan fingerprint density at radius 2 is 2.12 bits per heavy atom. The molecular weight excluding hydrogens is 234 g/mol. The summed E-state index contributed by atoms with van der Waals surface area (Å²) < 4.78 is 0. The number of H-pyrrole nitrogens is 1. The first-order valence-corrected chi connectivity index (χ1v) is 5.69. The molecule has 84 valence electrons. The summed E-state index contributed by atoms with van der Waals surface area (Å²) in [4.78, 5) is 11.9. The molecule has 0 aliphatic rings. The Bertz CT molecular complexity index is 655. The third-order valence-corrected chi connectivity index (χ3v) is 3.11. The van der Waals surface area contributed by atoms with Gasteiger partial charge in [0.2, 0.25) is 0 Å². The molecule has 3 rings (SSSR count). The Morgan fingerprint density at radius 3 is 2.88 bits per heavy atom. The van der Waals surface area contributed by atoms with Crippen LogP contribution in [0.3, 0.4) is 0 Å². The van der Waals surface area contributed by atoms with Gasteiger partial charge >= 0.3 is 0 Å². The molecule has 0 saturated carbocycles. The third kappa shape index (κ3) is 1.78. The molecule has 2 aromatic heterocycles. The number of halogens is 1. The largest absolute Gasteiger partial charge is 0.337 e. The van der Waals surface area contributed by atoms with Crippen LogP contribution in [0.2, 0.25) is 5.02 Å². The van der Waals surface area contributed by atoms with Crippen molar-refractivity contribution in [3.8, 4) is 11.4 Å². The summed E-state index contributed by atoms with van der Waals surface area (Å²) in [7, 11) is 0. The highest BCUT2D eigenvalue weighted by atomic mass is 35.5. The molecule has 0 aliphatic carbocycles. The van der Waals surface area contributed by atoms with E-state index in [1.54, 1.807) is 6.20 Å². The number of benzene rings is 1. The molecule has 0 bridgehead atoms. The molecule has 3 nitrogen and oxygen atoms in total. The first kappa shape index (κ1) is 10.3. The van der Waals surface area contributed by atoms with Crippen molar-refractivity contribution in [1.29, 1.82) is 0 Å². The lowest BCUT2D eigenvalue weighted by molar-refractivity contribution is 1.29. The number of hydrogen-bond donors (Lipinski definition) is 1. The monoisotopic (exact) mass is 243 g/mol. The van der Waals surface area contributed by atoms with Gasteiger partial charge in [0.1, 0.15) is 5.82 Å². The molecule has 4 heteroatoms. The van der Waals surface area contributed by atoms with Crippen LogP contribution < -0.4 is 0 Å². The number of nitrogens with zero attached hydrogens (tertiary/aromatic N) is 2. The number of imidazole rings is 1. The second-order valence-electron chi connectivity index (χ2n) is 3.92. The van der Waals surface area contributed by atoms with Crippen LogP contribution in [-0.2, 0) is 0 Å². The Hall–Kier alpha value is -1.87. The average molecular weight is 244 g/mol. The Morgan fingerprint density at radius 1 is 1.24 bits per heavy atom. The molecule has 0 aliphatic heterocycles. The maximum Gasteiger partial charge on any atom is 0.178 e. The topological polar surface area (TPSA) is 41.6 Å². The molecule has 0 saturated heterocycles. The number of fused-ring (bicyclic) bond motifs is 1. The van der Waals surface area contributed by atoms with Gasteiger partial charge in [-0.05, 0) is 42.8 Å². The second kappa shape index (κ2) is 3.86. The van der Waals surface area contributed by atoms with Gasteiger partial charge in [-0.15, -0.1) is 0 Å². The fourth-order valence-electron chi connectivity index (χ4n) is 1.77. The van der Waals surface area contributed by atoms with E-state index in [1.807, 2.05) is 37.3 Å². The predicted octanol–water partition coefficient (Wildman–Crippen LogP) is 3.59. The van der Waals surface area contributed by atoms with Crippen molar-refractivity contribution < 1.29 is 0 Å². The van der Waals surface area contributed by atoms with E-state index in [0.29, 0.717) is 0 Å². The van der Waals surface area contributed by atoms with Crippen LogP contribution in [0.1, 0.15) is 5.56 Å². The quantitative estimate of drug-likeness (QED) is 0.710. The lowest BCUT2D eigenvalue weighted by Crippen LogP contribution is -1.82. The van der Waals surface area contributed by atoms with Crippen LogP contribution in [0.4, 0.5) is 0 Å². The van der Waals surface area contributed by atoms with Crippen LogP contribution in [0, 0.1) is 6.92 Å². The highest BCUT2D eigenvalue weighted by Gasteiger charge is 2.06. The molecular formula is C13H10ClN3. The van der Waals surface area contributed by atoms with Gasteiger partial charge in [0.05, 0.1) is 5.52 Å². The van der Waals surface area contributed by atoms with Crippen LogP contribution in [0.15, 0.2) is 36.5 Å². The van der Waals surface area contributed by atoms with Gasteiger partial charge in [0, 0.05) is 16.8 Å². The molecule has 3 aromatic rings.